The second kappa shape index (κ2) is 38.4. The van der Waals surface area contributed by atoms with Gasteiger partial charge in [0.25, 0.3) is 0 Å². The molecule has 0 spiro atoms. The van der Waals surface area contributed by atoms with Crippen LogP contribution in [0.3, 0.4) is 0 Å². The Morgan fingerprint density at radius 1 is 0.400 bits per heavy atom. The van der Waals surface area contributed by atoms with Crippen LogP contribution in [0.4, 0.5) is 0 Å². The summed E-state index contributed by atoms with van der Waals surface area (Å²) in [6, 6.07) is 8.66. The molecular formula is C54H108N6. The Morgan fingerprint density at radius 3 is 1.05 bits per heavy atom. The van der Waals surface area contributed by atoms with Crippen molar-refractivity contribution < 1.29 is 0 Å². The van der Waals surface area contributed by atoms with Gasteiger partial charge < -0.3 is 29.4 Å². The number of nitrogens with zero attached hydrogens (tertiary/aromatic N) is 6. The lowest BCUT2D eigenvalue weighted by molar-refractivity contribution is 0.160. The minimum atomic E-state index is 1.02. The van der Waals surface area contributed by atoms with Crippen molar-refractivity contribution in [2.24, 2.45) is 17.8 Å². The van der Waals surface area contributed by atoms with Crippen LogP contribution in [-0.4, -0.2) is 148 Å². The molecule has 1 saturated carbocycles. The number of hydrogen-bond acceptors (Lipinski definition) is 6. The van der Waals surface area contributed by atoms with Crippen molar-refractivity contribution in [1.82, 2.24) is 29.4 Å². The third-order valence-electron chi connectivity index (χ3n) is 14.4. The smallest absolute Gasteiger partial charge is 0.0110 e. The predicted molar refractivity (Wildman–Crippen MR) is 270 cm³/mol. The zero-order valence-electron chi connectivity index (χ0n) is 42.8. The van der Waals surface area contributed by atoms with E-state index in [9.17, 15) is 0 Å². The van der Waals surface area contributed by atoms with Gasteiger partial charge in [0.1, 0.15) is 0 Å². The Bertz CT molecular complexity index is 912. The first-order valence-corrected chi connectivity index (χ1v) is 26.4. The first-order chi connectivity index (χ1) is 29.1. The van der Waals surface area contributed by atoms with E-state index in [0.717, 1.165) is 24.2 Å². The summed E-state index contributed by atoms with van der Waals surface area (Å²) in [4.78, 5) is 14.8. The largest absolute Gasteiger partial charge is 0.306 e. The van der Waals surface area contributed by atoms with Crippen LogP contribution < -0.4 is 0 Å². The summed E-state index contributed by atoms with van der Waals surface area (Å²) in [7, 11) is 4.40. The number of likely N-dealkylation sites (tertiary alicyclic amines) is 4. The molecule has 354 valence electrons. The maximum atomic E-state index is 2.52. The summed E-state index contributed by atoms with van der Waals surface area (Å²) in [6.45, 7) is 40.9. The van der Waals surface area contributed by atoms with Gasteiger partial charge in [-0.1, -0.05) is 143 Å². The molecular weight excluding hydrogens is 733 g/mol. The molecule has 5 aliphatic heterocycles. The van der Waals surface area contributed by atoms with Crippen LogP contribution in [0.5, 0.6) is 0 Å². The average molecular weight is 841 g/mol. The van der Waals surface area contributed by atoms with Crippen molar-refractivity contribution in [2.75, 3.05) is 119 Å². The highest BCUT2D eigenvalue weighted by molar-refractivity contribution is 5.20. The molecule has 5 heterocycles. The molecule has 0 N–H and O–H groups in total. The molecule has 1 aliphatic carbocycles. The van der Waals surface area contributed by atoms with Crippen LogP contribution >= 0.6 is 0 Å². The minimum absolute atomic E-state index is 1.02. The molecule has 7 rings (SSSR count). The van der Waals surface area contributed by atoms with Gasteiger partial charge in [-0.15, -0.1) is 0 Å². The first-order valence-electron chi connectivity index (χ1n) is 26.4. The van der Waals surface area contributed by atoms with E-state index in [-0.39, 0.29) is 0 Å². The maximum Gasteiger partial charge on any atom is 0.0110 e. The van der Waals surface area contributed by atoms with Crippen molar-refractivity contribution in [1.29, 1.82) is 0 Å². The Balaban J connectivity index is 0.000000350. The lowest BCUT2D eigenvalue weighted by Gasteiger charge is -2.31. The fourth-order valence-corrected chi connectivity index (χ4v) is 9.02. The normalized spacial score (nSPS) is 23.8. The van der Waals surface area contributed by atoms with Crippen LogP contribution in [0.1, 0.15) is 176 Å². The molecule has 0 amide bonds. The van der Waals surface area contributed by atoms with Gasteiger partial charge in [-0.05, 0) is 181 Å². The molecule has 0 unspecified atom stereocenters. The van der Waals surface area contributed by atoms with Gasteiger partial charge >= 0.3 is 0 Å². The van der Waals surface area contributed by atoms with E-state index in [4.69, 9.17) is 0 Å². The molecule has 0 radical (unpaired) electrons. The maximum absolute atomic E-state index is 2.52. The van der Waals surface area contributed by atoms with Gasteiger partial charge in [-0.3, -0.25) is 0 Å². The van der Waals surface area contributed by atoms with Crippen molar-refractivity contribution in [3.05, 3.63) is 35.4 Å². The van der Waals surface area contributed by atoms with E-state index < -0.39 is 0 Å². The van der Waals surface area contributed by atoms with Crippen molar-refractivity contribution in [3.63, 3.8) is 0 Å². The number of rotatable bonds is 7. The second-order valence-electron chi connectivity index (χ2n) is 19.3. The Kier molecular flexibility index (Phi) is 36.5. The molecule has 6 fully saturated rings. The second-order valence-corrected chi connectivity index (χ2v) is 19.3. The molecule has 5 saturated heterocycles. The molecule has 6 aliphatic rings. The van der Waals surface area contributed by atoms with Crippen molar-refractivity contribution in [2.45, 2.75) is 178 Å². The Morgan fingerprint density at radius 2 is 0.733 bits per heavy atom. The molecule has 60 heavy (non-hydrogen) atoms. The van der Waals surface area contributed by atoms with E-state index in [0.29, 0.717) is 0 Å². The van der Waals surface area contributed by atoms with Crippen molar-refractivity contribution in [3.8, 4) is 0 Å². The van der Waals surface area contributed by atoms with Gasteiger partial charge in [0, 0.05) is 26.2 Å². The third-order valence-corrected chi connectivity index (χ3v) is 14.4. The number of hydrogen-bond donors (Lipinski definition) is 0. The molecule has 1 aromatic rings. The molecule has 6 heteroatoms. The number of likely N-dealkylation sites (N-methyl/N-ethyl adjacent to an activating group) is 2. The molecule has 6 nitrogen and oxygen atoms in total. The monoisotopic (exact) mass is 841 g/mol. The average Bonchev–Trinajstić information content (AvgIpc) is 3.32. The topological polar surface area (TPSA) is 19.4 Å². The van der Waals surface area contributed by atoms with Gasteiger partial charge in [0.2, 0.25) is 0 Å². The Labute approximate surface area is 378 Å². The van der Waals surface area contributed by atoms with E-state index >= 15 is 0 Å². The van der Waals surface area contributed by atoms with Gasteiger partial charge in [-0.2, -0.15) is 0 Å². The zero-order valence-corrected chi connectivity index (χ0v) is 42.8. The number of piperazine rings is 1. The standard InChI is InChI=1S/C9H18.C9H12.C8H17N.C7H16N2.3C7H15N/c2*1-3-9-6-4-8(2)5-7-9;1-3-8-4-6-9(2)7-5-8;1-3-9-6-4-8(2)5-7-9;3*1-2-8-6-4-3-5-7-8/h8-9H,3-7H2,1-2H3;4-7H,3H2,1-2H3;8H,3-7H2,1-2H3;3-7H2,1-2H3;3*2-7H2,1H3. The van der Waals surface area contributed by atoms with Crippen LogP contribution in [0.15, 0.2) is 24.3 Å². The van der Waals surface area contributed by atoms with Crippen LogP contribution in [0, 0.1) is 24.7 Å². The molecule has 0 atom stereocenters. The minimum Gasteiger partial charge on any atom is -0.306 e. The zero-order chi connectivity index (χ0) is 44.2. The lowest BCUT2D eigenvalue weighted by atomic mass is 9.82. The lowest BCUT2D eigenvalue weighted by Crippen LogP contribution is -2.44. The fourth-order valence-electron chi connectivity index (χ4n) is 9.02. The van der Waals surface area contributed by atoms with Gasteiger partial charge in [0.15, 0.2) is 0 Å². The molecule has 0 bridgehead atoms. The fraction of sp³-hybridized carbons (Fsp3) is 0.889. The third kappa shape index (κ3) is 30.1. The van der Waals surface area contributed by atoms with E-state index in [1.165, 1.54) is 225 Å². The number of piperidine rings is 4. The summed E-state index contributed by atoms with van der Waals surface area (Å²) in [5, 5.41) is 0. The van der Waals surface area contributed by atoms with Crippen LogP contribution in [0.2, 0.25) is 0 Å². The van der Waals surface area contributed by atoms with Crippen molar-refractivity contribution >= 4 is 0 Å². The van der Waals surface area contributed by atoms with Crippen LogP contribution in [-0.2, 0) is 6.42 Å². The number of aryl methyl sites for hydroxylation is 2. The first kappa shape index (κ1) is 57.0. The van der Waals surface area contributed by atoms with E-state index in [1.54, 1.807) is 0 Å². The summed E-state index contributed by atoms with van der Waals surface area (Å²) in [5.41, 5.74) is 2.76. The highest BCUT2D eigenvalue weighted by Gasteiger charge is 2.16. The number of benzene rings is 1. The highest BCUT2D eigenvalue weighted by Crippen LogP contribution is 2.29. The summed E-state index contributed by atoms with van der Waals surface area (Å²) in [6.07, 6.45) is 25.7. The van der Waals surface area contributed by atoms with E-state index in [2.05, 4.69) is 130 Å². The van der Waals surface area contributed by atoms with Gasteiger partial charge in [0.05, 0.1) is 0 Å². The quantitative estimate of drug-likeness (QED) is 0.270. The van der Waals surface area contributed by atoms with Gasteiger partial charge in [-0.25, -0.2) is 0 Å². The highest BCUT2D eigenvalue weighted by atomic mass is 15.2. The SMILES string of the molecule is CCC1CCC(C)CC1.CCC1CCN(C)CC1.CCN1CCCCC1.CCN1CCCCC1.CCN1CCCCC1.CCN1CCN(C)CC1.CCc1ccc(C)cc1. The molecule has 1 aromatic carbocycles. The predicted octanol–water partition coefficient (Wildman–Crippen LogP) is 12.2. The summed E-state index contributed by atoms with van der Waals surface area (Å²) >= 11 is 0. The van der Waals surface area contributed by atoms with Crippen LogP contribution in [0.25, 0.3) is 0 Å². The summed E-state index contributed by atoms with van der Waals surface area (Å²) in [5.74, 6) is 3.12. The Hall–Kier alpha value is -1.02. The summed E-state index contributed by atoms with van der Waals surface area (Å²) < 4.78 is 0. The van der Waals surface area contributed by atoms with E-state index in [1.807, 2.05) is 0 Å². The molecule has 0 aromatic heterocycles.